The minimum Gasteiger partial charge on any atom is -0.392 e. The molecule has 2 aliphatic heterocycles. The number of aliphatic hydroxyl groups is 1. The number of carbonyl (C=O) groups is 1. The number of rotatable bonds is 3. The second kappa shape index (κ2) is 7.33. The number of aliphatic hydroxyl groups excluding tert-OH is 1. The summed E-state index contributed by atoms with van der Waals surface area (Å²) >= 11 is 0. The van der Waals surface area contributed by atoms with Gasteiger partial charge in [0.25, 0.3) is 0 Å². The van der Waals surface area contributed by atoms with Crippen LogP contribution in [0.1, 0.15) is 11.1 Å². The zero-order valence-corrected chi connectivity index (χ0v) is 17.3. The van der Waals surface area contributed by atoms with Crippen LogP contribution in [0, 0.1) is 0 Å². The Labute approximate surface area is 169 Å². The van der Waals surface area contributed by atoms with Crippen LogP contribution in [0.3, 0.4) is 0 Å². The van der Waals surface area contributed by atoms with Gasteiger partial charge in [0, 0.05) is 46.8 Å². The van der Waals surface area contributed by atoms with Crippen molar-refractivity contribution >= 4 is 23.1 Å². The molecule has 9 heteroatoms. The molecule has 1 aromatic heterocycles. The Morgan fingerprint density at radius 1 is 1.10 bits per heavy atom. The molecule has 1 unspecified atom stereocenters. The summed E-state index contributed by atoms with van der Waals surface area (Å²) < 4.78 is 8.65. The predicted molar refractivity (Wildman–Crippen MR) is 109 cm³/mol. The molecular weight excluding hydrogens is 374 g/mol. The van der Waals surface area contributed by atoms with Crippen molar-refractivity contribution in [2.24, 2.45) is 14.1 Å². The van der Waals surface area contributed by atoms with Gasteiger partial charge in [0.15, 0.2) is 0 Å². The summed E-state index contributed by atoms with van der Waals surface area (Å²) in [7, 11) is 7.03. The number of benzene rings is 1. The zero-order chi connectivity index (χ0) is 20.9. The van der Waals surface area contributed by atoms with E-state index in [1.807, 2.05) is 18.2 Å². The van der Waals surface area contributed by atoms with Gasteiger partial charge in [-0.1, -0.05) is 0 Å². The number of aryl methyl sites for hydroxylation is 2. The van der Waals surface area contributed by atoms with Crippen molar-refractivity contribution in [3.05, 3.63) is 39.4 Å². The Balaban J connectivity index is 1.91. The van der Waals surface area contributed by atoms with Crippen LogP contribution >= 0.6 is 0 Å². The molecule has 4 rings (SSSR count). The molecule has 1 aromatic carbocycles. The lowest BCUT2D eigenvalue weighted by Gasteiger charge is -2.35. The summed E-state index contributed by atoms with van der Waals surface area (Å²) in [5.74, 6) is 0. The van der Waals surface area contributed by atoms with Crippen LogP contribution < -0.4 is 5.69 Å². The van der Waals surface area contributed by atoms with Gasteiger partial charge in [-0.3, -0.25) is 18.9 Å². The highest BCUT2D eigenvalue weighted by molar-refractivity contribution is 5.89. The maximum Gasteiger partial charge on any atom is 0.328 e. The topological polar surface area (TPSA) is 83.2 Å². The molecule has 2 aliphatic rings. The molecule has 156 valence electrons. The number of amides is 2. The van der Waals surface area contributed by atoms with E-state index in [0.717, 1.165) is 35.4 Å². The standard InChI is InChI=1S/C20H27N5O4/c1-21-15-10-13(12-26)9-14(17(15)23(3)19(21)27)11-16-18(24(4)20(28)22(16)2)25-5-7-29-8-6-25/h9-11,18,26H,5-8,12H2,1-4H3/b16-11+. The smallest absolute Gasteiger partial charge is 0.328 e. The predicted octanol–water partition coefficient (Wildman–Crippen LogP) is 0.366. The summed E-state index contributed by atoms with van der Waals surface area (Å²) in [5.41, 5.74) is 3.75. The van der Waals surface area contributed by atoms with Gasteiger partial charge in [0.1, 0.15) is 6.17 Å². The van der Waals surface area contributed by atoms with Gasteiger partial charge < -0.3 is 14.7 Å². The number of nitrogens with zero attached hydrogens (tertiary/aromatic N) is 5. The van der Waals surface area contributed by atoms with Crippen LogP contribution in [0.2, 0.25) is 0 Å². The average Bonchev–Trinajstić information content (AvgIpc) is 3.08. The monoisotopic (exact) mass is 401 g/mol. The van der Waals surface area contributed by atoms with Gasteiger partial charge in [-0.25, -0.2) is 9.59 Å². The number of aromatic nitrogens is 2. The van der Waals surface area contributed by atoms with Crippen molar-refractivity contribution in [1.29, 1.82) is 0 Å². The van der Waals surface area contributed by atoms with E-state index in [4.69, 9.17) is 4.74 Å². The third-order valence-electron chi connectivity index (χ3n) is 5.93. The van der Waals surface area contributed by atoms with Crippen molar-refractivity contribution in [3.8, 4) is 0 Å². The van der Waals surface area contributed by atoms with Gasteiger partial charge in [0.05, 0.1) is 36.6 Å². The molecule has 0 aliphatic carbocycles. The maximum atomic E-state index is 12.7. The highest BCUT2D eigenvalue weighted by atomic mass is 16.5. The largest absolute Gasteiger partial charge is 0.392 e. The molecule has 1 atom stereocenters. The third kappa shape index (κ3) is 3.06. The lowest BCUT2D eigenvalue weighted by Crippen LogP contribution is -2.49. The number of carbonyl (C=O) groups excluding carboxylic acids is 1. The molecule has 1 N–H and O–H groups in total. The van der Waals surface area contributed by atoms with Gasteiger partial charge in [-0.15, -0.1) is 0 Å². The fourth-order valence-corrected chi connectivity index (χ4v) is 4.36. The van der Waals surface area contributed by atoms with Crippen LogP contribution in [0.25, 0.3) is 17.1 Å². The number of fused-ring (bicyclic) bond motifs is 1. The maximum absolute atomic E-state index is 12.7. The first kappa shape index (κ1) is 19.7. The fourth-order valence-electron chi connectivity index (χ4n) is 4.36. The van der Waals surface area contributed by atoms with Gasteiger partial charge in [-0.05, 0) is 23.8 Å². The molecule has 0 spiro atoms. The summed E-state index contributed by atoms with van der Waals surface area (Å²) in [6, 6.07) is 3.62. The van der Waals surface area contributed by atoms with E-state index in [1.165, 1.54) is 0 Å². The van der Waals surface area contributed by atoms with Crippen molar-refractivity contribution in [2.45, 2.75) is 12.8 Å². The van der Waals surface area contributed by atoms with Crippen LogP contribution in [0.15, 0.2) is 22.6 Å². The Kier molecular flexibility index (Phi) is 4.97. The van der Waals surface area contributed by atoms with E-state index in [9.17, 15) is 14.7 Å². The molecule has 0 saturated carbocycles. The van der Waals surface area contributed by atoms with Crippen LogP contribution in [-0.2, 0) is 25.4 Å². The Morgan fingerprint density at radius 3 is 2.45 bits per heavy atom. The SMILES string of the molecule is CN1C(=O)N(C)C(N2CCOCC2)/C1=C\c1cc(CO)cc2c1n(C)c(=O)n2C. The van der Waals surface area contributed by atoms with E-state index in [2.05, 4.69) is 4.90 Å². The average molecular weight is 401 g/mol. The summed E-state index contributed by atoms with van der Waals surface area (Å²) in [6.45, 7) is 2.61. The first-order valence-electron chi connectivity index (χ1n) is 9.68. The van der Waals surface area contributed by atoms with Crippen molar-refractivity contribution < 1.29 is 14.6 Å². The molecule has 2 aromatic rings. The number of hydrogen-bond donors (Lipinski definition) is 1. The Morgan fingerprint density at radius 2 is 1.79 bits per heavy atom. The molecule has 2 fully saturated rings. The minimum absolute atomic E-state index is 0.0794. The molecule has 0 radical (unpaired) electrons. The van der Waals surface area contributed by atoms with E-state index < -0.39 is 0 Å². The minimum atomic E-state index is -0.204. The Bertz CT molecular complexity index is 1050. The highest BCUT2D eigenvalue weighted by Crippen LogP contribution is 2.31. The van der Waals surface area contributed by atoms with Gasteiger partial charge in [0.2, 0.25) is 0 Å². The van der Waals surface area contributed by atoms with E-state index in [-0.39, 0.29) is 24.5 Å². The molecular formula is C20H27N5O4. The second-order valence-corrected chi connectivity index (χ2v) is 7.66. The second-order valence-electron chi connectivity index (χ2n) is 7.66. The molecule has 0 bridgehead atoms. The number of urea groups is 1. The third-order valence-corrected chi connectivity index (χ3v) is 5.93. The first-order chi connectivity index (χ1) is 13.8. The first-order valence-corrected chi connectivity index (χ1v) is 9.68. The van der Waals surface area contributed by atoms with Crippen LogP contribution in [0.4, 0.5) is 4.79 Å². The van der Waals surface area contributed by atoms with Crippen LogP contribution in [-0.4, -0.2) is 81.5 Å². The van der Waals surface area contributed by atoms with Gasteiger partial charge in [-0.2, -0.15) is 0 Å². The summed E-state index contributed by atoms with van der Waals surface area (Å²) in [5, 5.41) is 9.73. The normalized spacial score (nSPS) is 22.4. The van der Waals surface area contributed by atoms with Crippen LogP contribution in [0.5, 0.6) is 0 Å². The lowest BCUT2D eigenvalue weighted by molar-refractivity contribution is 0.00203. The number of morpholine rings is 1. The van der Waals surface area contributed by atoms with Crippen molar-refractivity contribution in [1.82, 2.24) is 23.8 Å². The number of likely N-dealkylation sites (N-methyl/N-ethyl adjacent to an activating group) is 2. The summed E-state index contributed by atoms with van der Waals surface area (Å²) in [4.78, 5) is 30.8. The lowest BCUT2D eigenvalue weighted by atomic mass is 10.1. The molecule has 9 nitrogen and oxygen atoms in total. The molecule has 3 heterocycles. The number of imidazole rings is 1. The molecule has 2 amide bonds. The van der Waals surface area contributed by atoms with E-state index in [0.29, 0.717) is 18.8 Å². The fraction of sp³-hybridized carbons (Fsp3) is 0.500. The van der Waals surface area contributed by atoms with Crippen molar-refractivity contribution in [3.63, 3.8) is 0 Å². The van der Waals surface area contributed by atoms with Crippen molar-refractivity contribution in [2.75, 3.05) is 40.4 Å². The molecule has 29 heavy (non-hydrogen) atoms. The van der Waals surface area contributed by atoms with E-state index in [1.54, 1.807) is 47.1 Å². The number of ether oxygens (including phenoxy) is 1. The zero-order valence-electron chi connectivity index (χ0n) is 17.3. The summed E-state index contributed by atoms with van der Waals surface area (Å²) in [6.07, 6.45) is 1.76. The Hall–Kier alpha value is -2.62. The van der Waals surface area contributed by atoms with Gasteiger partial charge >= 0.3 is 11.7 Å². The van der Waals surface area contributed by atoms with E-state index >= 15 is 0 Å². The quantitative estimate of drug-likeness (QED) is 0.803. The molecule has 2 saturated heterocycles. The highest BCUT2D eigenvalue weighted by Gasteiger charge is 2.41. The number of hydrogen-bond acceptors (Lipinski definition) is 5.